The molecule has 0 fully saturated rings. The number of hydrogen-bond acceptors (Lipinski definition) is 7. The van der Waals surface area contributed by atoms with E-state index in [4.69, 9.17) is 10.9 Å². The lowest BCUT2D eigenvalue weighted by molar-refractivity contribution is 0.0600. The summed E-state index contributed by atoms with van der Waals surface area (Å²) < 4.78 is 8.74. The van der Waals surface area contributed by atoms with Gasteiger partial charge in [0.25, 0.3) is 5.91 Å². The summed E-state index contributed by atoms with van der Waals surface area (Å²) in [5.41, 5.74) is 3.29. The first-order valence-corrected chi connectivity index (χ1v) is 12.0. The summed E-state index contributed by atoms with van der Waals surface area (Å²) in [6.45, 7) is 1.93. The number of amides is 1. The van der Waals surface area contributed by atoms with Crippen molar-refractivity contribution < 1.29 is 19.4 Å². The molecule has 0 unspecified atom stereocenters. The molecule has 0 aliphatic heterocycles. The number of esters is 1. The van der Waals surface area contributed by atoms with E-state index in [2.05, 4.69) is 112 Å². The van der Waals surface area contributed by atoms with Gasteiger partial charge >= 0.3 is 5.97 Å². The van der Waals surface area contributed by atoms with Crippen LogP contribution in [0.3, 0.4) is 0 Å². The minimum Gasteiger partial charge on any atom is -0.465 e. The predicted molar refractivity (Wildman–Crippen MR) is 148 cm³/mol. The quantitative estimate of drug-likeness (QED) is 0.103. The first-order chi connectivity index (χ1) is 13.7. The molecule has 0 saturated heterocycles. The smallest absolute Gasteiger partial charge is 0.337 e. The fraction of sp³-hybridized carbons (Fsp3) is 0.176. The average Bonchev–Trinajstić information content (AvgIpc) is 2.68. The molecular formula is C17H22I4N4O4. The van der Waals surface area contributed by atoms with Crippen molar-refractivity contribution in [2.45, 2.75) is 6.92 Å². The molecule has 29 heavy (non-hydrogen) atoms. The van der Waals surface area contributed by atoms with Gasteiger partial charge in [-0.15, -0.1) is 0 Å². The number of nitrogens with two attached hydrogens (primary N) is 3. The Hall–Kier alpha value is 0.140. The zero-order valence-electron chi connectivity index (χ0n) is 15.6. The molecule has 0 spiro atoms. The van der Waals surface area contributed by atoms with Crippen molar-refractivity contribution in [3.63, 3.8) is 0 Å². The molecule has 0 saturated carbocycles. The van der Waals surface area contributed by atoms with Crippen LogP contribution in [0.4, 0.5) is 0 Å². The molecule has 1 amide bonds. The van der Waals surface area contributed by atoms with Gasteiger partial charge in [-0.1, -0.05) is 0 Å². The molecule has 2 rings (SSSR count). The van der Waals surface area contributed by atoms with E-state index >= 15 is 0 Å². The maximum Gasteiger partial charge on any atom is 0.337 e. The molecule has 12 heteroatoms. The number of carbonyl (C=O) groups is 2. The van der Waals surface area contributed by atoms with Crippen molar-refractivity contribution in [1.29, 1.82) is 0 Å². The minimum atomic E-state index is -0.286. The topological polar surface area (TPSA) is 154 Å². The van der Waals surface area contributed by atoms with Gasteiger partial charge in [-0.05, 0) is 134 Å². The number of hydrazine groups is 2. The molecule has 8 nitrogen and oxygen atoms in total. The van der Waals surface area contributed by atoms with Crippen LogP contribution in [-0.2, 0) is 4.74 Å². The fourth-order valence-corrected chi connectivity index (χ4v) is 5.43. The molecule has 0 aliphatic carbocycles. The number of nitrogens with one attached hydrogen (secondary N) is 1. The molecule has 8 N–H and O–H groups in total. The van der Waals surface area contributed by atoms with Crippen LogP contribution in [0, 0.1) is 14.3 Å². The van der Waals surface area contributed by atoms with Crippen LogP contribution >= 0.6 is 90.4 Å². The van der Waals surface area contributed by atoms with Gasteiger partial charge < -0.3 is 9.84 Å². The number of benzene rings is 2. The normalized spacial score (nSPS) is 8.76. The number of halogens is 4. The highest BCUT2D eigenvalue weighted by molar-refractivity contribution is 14.1. The van der Waals surface area contributed by atoms with Crippen LogP contribution < -0.4 is 23.0 Å². The lowest BCUT2D eigenvalue weighted by atomic mass is 10.2. The van der Waals surface area contributed by atoms with Crippen molar-refractivity contribution in [1.82, 2.24) is 5.43 Å². The minimum absolute atomic E-state index is 0.250. The predicted octanol–water partition coefficient (Wildman–Crippen LogP) is 3.00. The number of aliphatic hydroxyl groups excluding tert-OH is 1. The Balaban J connectivity index is 0. The maximum atomic E-state index is 11.1. The van der Waals surface area contributed by atoms with E-state index in [-0.39, 0.29) is 18.5 Å². The highest BCUT2D eigenvalue weighted by atomic mass is 127. The van der Waals surface area contributed by atoms with Crippen LogP contribution in [0.15, 0.2) is 36.4 Å². The van der Waals surface area contributed by atoms with Crippen LogP contribution in [-0.4, -0.2) is 30.7 Å². The Bertz CT molecular complexity index is 675. The monoisotopic (exact) mass is 854 g/mol. The third-order valence-electron chi connectivity index (χ3n) is 2.54. The first-order valence-electron chi connectivity index (χ1n) is 7.64. The second-order valence-corrected chi connectivity index (χ2v) is 9.58. The maximum absolute atomic E-state index is 11.1. The second kappa shape index (κ2) is 18.9. The summed E-state index contributed by atoms with van der Waals surface area (Å²) in [5, 5.41) is 7.57. The highest BCUT2D eigenvalue weighted by Crippen LogP contribution is 2.15. The van der Waals surface area contributed by atoms with E-state index in [9.17, 15) is 9.59 Å². The highest BCUT2D eigenvalue weighted by Gasteiger charge is 2.06. The molecule has 162 valence electrons. The summed E-state index contributed by atoms with van der Waals surface area (Å²) >= 11 is 8.65. The molecule has 0 atom stereocenters. The molecule has 0 aliphatic rings. The van der Waals surface area contributed by atoms with E-state index in [0.717, 1.165) is 14.3 Å². The Labute approximate surface area is 224 Å². The molecule has 2 aromatic rings. The third kappa shape index (κ3) is 14.7. The molecule has 2 aromatic carbocycles. The third-order valence-corrected chi connectivity index (χ3v) is 5.03. The van der Waals surface area contributed by atoms with E-state index in [1.54, 1.807) is 31.2 Å². The number of aliphatic hydroxyl groups is 1. The van der Waals surface area contributed by atoms with Gasteiger partial charge in [0.05, 0.1) is 12.7 Å². The largest absolute Gasteiger partial charge is 0.465 e. The lowest BCUT2D eigenvalue weighted by Gasteiger charge is -2.00. The van der Waals surface area contributed by atoms with E-state index in [1.165, 1.54) is 7.11 Å². The van der Waals surface area contributed by atoms with Gasteiger partial charge in [0.2, 0.25) is 0 Å². The summed E-state index contributed by atoms with van der Waals surface area (Å²) in [6, 6.07) is 11.1. The molecule has 0 heterocycles. The van der Waals surface area contributed by atoms with Crippen molar-refractivity contribution in [2.24, 2.45) is 17.5 Å². The van der Waals surface area contributed by atoms with Gasteiger partial charge in [0.1, 0.15) is 0 Å². The van der Waals surface area contributed by atoms with Crippen LogP contribution in [0.25, 0.3) is 0 Å². The Morgan fingerprint density at radius 2 is 1.21 bits per heavy atom. The SMILES string of the molecule is CCO.COC(=O)c1cc(I)cc(I)c1.NN.NNC(=O)c1cc(I)cc(I)c1. The van der Waals surface area contributed by atoms with E-state index in [0.29, 0.717) is 11.1 Å². The van der Waals surface area contributed by atoms with E-state index < -0.39 is 0 Å². The number of carbonyl (C=O) groups excluding carboxylic acids is 2. The lowest BCUT2D eigenvalue weighted by Crippen LogP contribution is -2.30. The average molecular weight is 854 g/mol. The number of hydrogen-bond donors (Lipinski definition) is 5. The van der Waals surface area contributed by atoms with Crippen LogP contribution in [0.2, 0.25) is 0 Å². The standard InChI is InChI=1S/C8H6I2O2.C7H6I2N2O.C2H6O.H4N2/c1-12-8(11)5-2-6(9)4-7(10)3-5;8-5-1-4(7(12)11-10)2-6(9)3-5;1-2-3;1-2/h2-4H,1H3;1-3H,10H2,(H,11,12);3H,2H2,1H3;1-2H2. The summed E-state index contributed by atoms with van der Waals surface area (Å²) in [5.74, 6) is 12.5. The van der Waals surface area contributed by atoms with E-state index in [1.807, 2.05) is 12.1 Å². The zero-order chi connectivity index (χ0) is 23.0. The number of rotatable bonds is 2. The van der Waals surface area contributed by atoms with Crippen LogP contribution in [0.5, 0.6) is 0 Å². The van der Waals surface area contributed by atoms with Gasteiger partial charge in [-0.25, -0.2) is 10.6 Å². The van der Waals surface area contributed by atoms with Crippen molar-refractivity contribution in [3.05, 3.63) is 61.8 Å². The second-order valence-electron chi connectivity index (χ2n) is 4.60. The van der Waals surface area contributed by atoms with Gasteiger partial charge in [-0.2, -0.15) is 0 Å². The Kier molecular flexibility index (Phi) is 20.4. The summed E-state index contributed by atoms with van der Waals surface area (Å²) in [7, 11) is 1.38. The Morgan fingerprint density at radius 3 is 1.48 bits per heavy atom. The van der Waals surface area contributed by atoms with Gasteiger partial charge in [-0.3, -0.25) is 21.9 Å². The zero-order valence-corrected chi connectivity index (χ0v) is 24.2. The number of ether oxygens (including phenoxy) is 1. The molecule has 0 aromatic heterocycles. The Morgan fingerprint density at radius 1 is 0.897 bits per heavy atom. The summed E-state index contributed by atoms with van der Waals surface area (Å²) in [4.78, 5) is 22.2. The van der Waals surface area contributed by atoms with Gasteiger partial charge in [0, 0.05) is 26.5 Å². The van der Waals surface area contributed by atoms with Crippen LogP contribution in [0.1, 0.15) is 27.6 Å². The summed E-state index contributed by atoms with van der Waals surface area (Å²) in [6.07, 6.45) is 0. The van der Waals surface area contributed by atoms with Crippen molar-refractivity contribution in [3.8, 4) is 0 Å². The molecule has 0 bridgehead atoms. The number of methoxy groups -OCH3 is 1. The molecule has 0 radical (unpaired) electrons. The number of nitrogen functional groups attached to an aromatic ring is 1. The van der Waals surface area contributed by atoms with Gasteiger partial charge in [0.15, 0.2) is 0 Å². The first kappa shape index (κ1) is 31.3. The fourth-order valence-electron chi connectivity index (χ4n) is 1.56. The van der Waals surface area contributed by atoms with Crippen molar-refractivity contribution >= 4 is 102 Å². The van der Waals surface area contributed by atoms with Crippen molar-refractivity contribution in [2.75, 3.05) is 13.7 Å². The molecular weight excluding hydrogens is 832 g/mol.